The van der Waals surface area contributed by atoms with Crippen molar-refractivity contribution in [2.45, 2.75) is 25.5 Å². The molecule has 3 atom stereocenters. The lowest BCUT2D eigenvalue weighted by atomic mass is 9.93. The Labute approximate surface area is 191 Å². The Morgan fingerprint density at radius 3 is 2.82 bits per heavy atom. The summed E-state index contributed by atoms with van der Waals surface area (Å²) in [5.74, 6) is -1.40. The molecule has 1 aromatic carbocycles. The zero-order valence-electron chi connectivity index (χ0n) is 18.6. The van der Waals surface area contributed by atoms with Gasteiger partial charge in [0.15, 0.2) is 5.78 Å². The zero-order chi connectivity index (χ0) is 23.5. The average molecular weight is 455 g/mol. The van der Waals surface area contributed by atoms with Crippen molar-refractivity contribution < 1.29 is 28.2 Å². The highest BCUT2D eigenvalue weighted by molar-refractivity contribution is 5.94. The molecule has 2 aromatic rings. The third kappa shape index (κ3) is 4.88. The van der Waals surface area contributed by atoms with Gasteiger partial charge in [0.2, 0.25) is 11.8 Å². The van der Waals surface area contributed by atoms with Gasteiger partial charge in [-0.3, -0.25) is 19.4 Å². The fourth-order valence-corrected chi connectivity index (χ4v) is 4.41. The van der Waals surface area contributed by atoms with Crippen LogP contribution in [0, 0.1) is 11.7 Å². The van der Waals surface area contributed by atoms with Gasteiger partial charge in [-0.05, 0) is 30.7 Å². The van der Waals surface area contributed by atoms with E-state index in [9.17, 15) is 18.8 Å². The summed E-state index contributed by atoms with van der Waals surface area (Å²) in [6.45, 7) is 2.49. The molecule has 2 fully saturated rings. The van der Waals surface area contributed by atoms with E-state index in [2.05, 4.69) is 4.98 Å². The molecule has 33 heavy (non-hydrogen) atoms. The lowest BCUT2D eigenvalue weighted by molar-refractivity contribution is -0.145. The van der Waals surface area contributed by atoms with Gasteiger partial charge in [0.25, 0.3) is 0 Å². The number of likely N-dealkylation sites (tertiary alicyclic amines) is 1. The third-order valence-electron chi connectivity index (χ3n) is 6.14. The number of ketones is 1. The standard InChI is InChI=1S/C24H26FN3O5/c1-15(29)19-6-5-17(10-21(19)25)33-14-18-13-28(8-9-32-18)24(31)20-11-22(30)27(2)23(20)16-4-3-7-26-12-16/h3-7,10,12,18,20,23H,8-9,11,13-14H2,1-2H3/t18?,20-,23+/m1/s1. The van der Waals surface area contributed by atoms with Crippen LogP contribution in [-0.2, 0) is 14.3 Å². The maximum absolute atomic E-state index is 14.0. The summed E-state index contributed by atoms with van der Waals surface area (Å²) in [5, 5.41) is 0. The molecule has 9 heteroatoms. The van der Waals surface area contributed by atoms with E-state index in [1.807, 2.05) is 6.07 Å². The average Bonchev–Trinajstić information content (AvgIpc) is 3.12. The molecule has 2 saturated heterocycles. The number of halogens is 1. The summed E-state index contributed by atoms with van der Waals surface area (Å²) in [4.78, 5) is 44.6. The monoisotopic (exact) mass is 455 g/mol. The number of hydrogen-bond acceptors (Lipinski definition) is 6. The number of morpholine rings is 1. The van der Waals surface area contributed by atoms with Crippen LogP contribution < -0.4 is 4.74 Å². The minimum absolute atomic E-state index is 0.00675. The van der Waals surface area contributed by atoms with Crippen LogP contribution in [0.1, 0.15) is 35.3 Å². The smallest absolute Gasteiger partial charge is 0.228 e. The normalized spacial score (nSPS) is 23.0. The summed E-state index contributed by atoms with van der Waals surface area (Å²) in [7, 11) is 1.71. The van der Waals surface area contributed by atoms with Gasteiger partial charge in [-0.25, -0.2) is 4.39 Å². The Hall–Kier alpha value is -3.33. The van der Waals surface area contributed by atoms with Crippen molar-refractivity contribution in [2.24, 2.45) is 5.92 Å². The van der Waals surface area contributed by atoms with Gasteiger partial charge in [-0.1, -0.05) is 6.07 Å². The van der Waals surface area contributed by atoms with Gasteiger partial charge in [0.1, 0.15) is 24.3 Å². The quantitative estimate of drug-likeness (QED) is 0.621. The van der Waals surface area contributed by atoms with Gasteiger partial charge < -0.3 is 19.3 Å². The number of hydrogen-bond donors (Lipinski definition) is 0. The van der Waals surface area contributed by atoms with Crippen LogP contribution >= 0.6 is 0 Å². The molecule has 2 aliphatic rings. The first-order valence-corrected chi connectivity index (χ1v) is 10.8. The fraction of sp³-hybridized carbons (Fsp3) is 0.417. The number of amides is 2. The van der Waals surface area contributed by atoms with Crippen molar-refractivity contribution in [3.8, 4) is 5.75 Å². The van der Waals surface area contributed by atoms with E-state index in [0.717, 1.165) is 5.56 Å². The molecule has 0 aliphatic carbocycles. The minimum atomic E-state index is -0.641. The van der Waals surface area contributed by atoms with Crippen LogP contribution in [0.3, 0.4) is 0 Å². The second-order valence-corrected chi connectivity index (χ2v) is 8.33. The second kappa shape index (κ2) is 9.66. The highest BCUT2D eigenvalue weighted by atomic mass is 19.1. The summed E-state index contributed by atoms with van der Waals surface area (Å²) < 4.78 is 25.4. The van der Waals surface area contributed by atoms with Crippen molar-refractivity contribution in [2.75, 3.05) is 33.4 Å². The predicted octanol–water partition coefficient (Wildman–Crippen LogP) is 2.25. The van der Waals surface area contributed by atoms with E-state index < -0.39 is 17.8 Å². The molecule has 1 aromatic heterocycles. The molecule has 1 unspecified atom stereocenters. The number of ether oxygens (including phenoxy) is 2. The van der Waals surface area contributed by atoms with Crippen LogP contribution in [0.2, 0.25) is 0 Å². The molecule has 2 amide bonds. The zero-order valence-corrected chi connectivity index (χ0v) is 18.6. The Bertz CT molecular complexity index is 1050. The van der Waals surface area contributed by atoms with E-state index in [0.29, 0.717) is 19.7 Å². The second-order valence-electron chi connectivity index (χ2n) is 8.33. The number of pyridine rings is 1. The van der Waals surface area contributed by atoms with Crippen LogP contribution in [0.5, 0.6) is 5.75 Å². The maximum atomic E-state index is 14.0. The Morgan fingerprint density at radius 2 is 2.12 bits per heavy atom. The molecule has 0 radical (unpaired) electrons. The van der Waals surface area contributed by atoms with Crippen molar-refractivity contribution in [1.29, 1.82) is 0 Å². The maximum Gasteiger partial charge on any atom is 0.228 e. The van der Waals surface area contributed by atoms with Gasteiger partial charge in [-0.2, -0.15) is 0 Å². The van der Waals surface area contributed by atoms with Crippen LogP contribution in [0.15, 0.2) is 42.7 Å². The van der Waals surface area contributed by atoms with Gasteiger partial charge in [-0.15, -0.1) is 0 Å². The molecule has 174 valence electrons. The first kappa shape index (κ1) is 22.8. The number of carbonyl (C=O) groups excluding carboxylic acids is 3. The molecular weight excluding hydrogens is 429 g/mol. The summed E-state index contributed by atoms with van der Waals surface area (Å²) in [6.07, 6.45) is 3.09. The van der Waals surface area contributed by atoms with Crippen molar-refractivity contribution in [3.63, 3.8) is 0 Å². The number of nitrogens with zero attached hydrogens (tertiary/aromatic N) is 3. The van der Waals surface area contributed by atoms with Crippen molar-refractivity contribution in [1.82, 2.24) is 14.8 Å². The van der Waals surface area contributed by atoms with E-state index >= 15 is 0 Å². The van der Waals surface area contributed by atoms with Gasteiger partial charge >= 0.3 is 0 Å². The predicted molar refractivity (Wildman–Crippen MR) is 116 cm³/mol. The van der Waals surface area contributed by atoms with E-state index in [1.54, 1.807) is 35.3 Å². The van der Waals surface area contributed by atoms with Crippen LogP contribution in [-0.4, -0.2) is 71.8 Å². The lowest BCUT2D eigenvalue weighted by Crippen LogP contribution is -2.50. The lowest BCUT2D eigenvalue weighted by Gasteiger charge is -2.35. The van der Waals surface area contributed by atoms with Gasteiger partial charge in [0.05, 0.1) is 30.7 Å². The van der Waals surface area contributed by atoms with Crippen LogP contribution in [0.4, 0.5) is 4.39 Å². The fourth-order valence-electron chi connectivity index (χ4n) is 4.41. The molecule has 3 heterocycles. The summed E-state index contributed by atoms with van der Waals surface area (Å²) >= 11 is 0. The molecule has 2 aliphatic heterocycles. The van der Waals surface area contributed by atoms with Crippen molar-refractivity contribution >= 4 is 17.6 Å². The first-order valence-electron chi connectivity index (χ1n) is 10.8. The highest BCUT2D eigenvalue weighted by Crippen LogP contribution is 2.38. The number of carbonyl (C=O) groups is 3. The molecule has 4 rings (SSSR count). The molecule has 8 nitrogen and oxygen atoms in total. The van der Waals surface area contributed by atoms with E-state index in [-0.39, 0.29) is 48.0 Å². The Morgan fingerprint density at radius 1 is 1.30 bits per heavy atom. The molecule has 0 N–H and O–H groups in total. The number of Topliss-reactive ketones (excluding diaryl/α,β-unsaturated/α-hetero) is 1. The van der Waals surface area contributed by atoms with E-state index in [1.165, 1.54) is 25.1 Å². The largest absolute Gasteiger partial charge is 0.491 e. The molecular formula is C24H26FN3O5. The topological polar surface area (TPSA) is 89.0 Å². The Kier molecular flexibility index (Phi) is 6.69. The third-order valence-corrected chi connectivity index (χ3v) is 6.14. The molecule has 0 saturated carbocycles. The minimum Gasteiger partial charge on any atom is -0.491 e. The van der Waals surface area contributed by atoms with Crippen LogP contribution in [0.25, 0.3) is 0 Å². The summed E-state index contributed by atoms with van der Waals surface area (Å²) in [5.41, 5.74) is 0.834. The highest BCUT2D eigenvalue weighted by Gasteiger charge is 2.45. The Balaban J connectivity index is 1.40. The number of benzene rings is 1. The van der Waals surface area contributed by atoms with E-state index in [4.69, 9.17) is 9.47 Å². The summed E-state index contributed by atoms with van der Waals surface area (Å²) in [6, 6.07) is 7.39. The van der Waals surface area contributed by atoms with Crippen molar-refractivity contribution in [3.05, 3.63) is 59.7 Å². The molecule has 0 bridgehead atoms. The molecule has 0 spiro atoms. The van der Waals surface area contributed by atoms with Gasteiger partial charge in [0, 0.05) is 38.5 Å². The SMILES string of the molecule is CC(=O)c1ccc(OCC2CN(C(=O)[C@@H]3CC(=O)N(C)[C@H]3c3cccnc3)CCO2)cc1F. The first-order chi connectivity index (χ1) is 15.8. The number of rotatable bonds is 6. The number of aromatic nitrogens is 1.